The van der Waals surface area contributed by atoms with Gasteiger partial charge in [0, 0.05) is 18.8 Å². The Bertz CT molecular complexity index is 1020. The van der Waals surface area contributed by atoms with E-state index in [4.69, 9.17) is 4.74 Å². The molecule has 0 aliphatic carbocycles. The number of piperidine rings is 1. The Balaban J connectivity index is 1.65. The van der Waals surface area contributed by atoms with Crippen molar-refractivity contribution >= 4 is 27.6 Å². The van der Waals surface area contributed by atoms with Gasteiger partial charge in [-0.3, -0.25) is 9.59 Å². The third-order valence-electron chi connectivity index (χ3n) is 4.95. The van der Waals surface area contributed by atoms with Crippen LogP contribution in [-0.2, 0) is 30.8 Å². The van der Waals surface area contributed by atoms with Crippen LogP contribution < -0.4 is 5.32 Å². The lowest BCUT2D eigenvalue weighted by Crippen LogP contribution is -2.42. The Kier molecular flexibility index (Phi) is 6.84. The molecule has 1 atom stereocenters. The quantitative estimate of drug-likeness (QED) is 0.706. The number of esters is 1. The second-order valence-electron chi connectivity index (χ2n) is 7.10. The van der Waals surface area contributed by atoms with Crippen LogP contribution in [0.15, 0.2) is 53.4 Å². The summed E-state index contributed by atoms with van der Waals surface area (Å²) in [5, 5.41) is 2.67. The zero-order valence-corrected chi connectivity index (χ0v) is 17.3. The number of anilines is 1. The molecule has 0 bridgehead atoms. The van der Waals surface area contributed by atoms with E-state index in [0.29, 0.717) is 30.6 Å². The van der Waals surface area contributed by atoms with Gasteiger partial charge < -0.3 is 10.1 Å². The molecule has 30 heavy (non-hydrogen) atoms. The SMILES string of the molecule is COC(=O)C1CCCN(S(=O)(=O)c2ccc(NC(=O)Cc3cccc(F)c3)cc2)C1. The summed E-state index contributed by atoms with van der Waals surface area (Å²) in [5.74, 6) is -1.64. The number of hydrogen-bond donors (Lipinski definition) is 1. The van der Waals surface area contributed by atoms with Crippen LogP contribution in [0.5, 0.6) is 0 Å². The third kappa shape index (κ3) is 5.22. The maximum absolute atomic E-state index is 13.2. The summed E-state index contributed by atoms with van der Waals surface area (Å²) in [6.07, 6.45) is 1.17. The molecule has 1 unspecified atom stereocenters. The number of amides is 1. The van der Waals surface area contributed by atoms with Crippen LogP contribution in [0.25, 0.3) is 0 Å². The Morgan fingerprint density at radius 2 is 1.93 bits per heavy atom. The van der Waals surface area contributed by atoms with Crippen LogP contribution in [0.3, 0.4) is 0 Å². The van der Waals surface area contributed by atoms with Crippen molar-refractivity contribution in [3.8, 4) is 0 Å². The van der Waals surface area contributed by atoms with Gasteiger partial charge in [0.15, 0.2) is 0 Å². The van der Waals surface area contributed by atoms with Crippen molar-refractivity contribution in [2.45, 2.75) is 24.2 Å². The first-order valence-corrected chi connectivity index (χ1v) is 11.0. The van der Waals surface area contributed by atoms with Crippen molar-refractivity contribution in [1.82, 2.24) is 4.31 Å². The summed E-state index contributed by atoms with van der Waals surface area (Å²) in [6, 6.07) is 11.6. The molecule has 1 amide bonds. The minimum atomic E-state index is -3.76. The zero-order valence-electron chi connectivity index (χ0n) is 16.5. The summed E-state index contributed by atoms with van der Waals surface area (Å²) >= 11 is 0. The fourth-order valence-electron chi connectivity index (χ4n) is 3.42. The molecule has 9 heteroatoms. The highest BCUT2D eigenvalue weighted by molar-refractivity contribution is 7.89. The van der Waals surface area contributed by atoms with E-state index in [2.05, 4.69) is 5.32 Å². The molecule has 2 aromatic rings. The Morgan fingerprint density at radius 3 is 2.60 bits per heavy atom. The number of ether oxygens (including phenoxy) is 1. The number of halogens is 1. The lowest BCUT2D eigenvalue weighted by atomic mass is 10.0. The Hall–Kier alpha value is -2.78. The number of hydrogen-bond acceptors (Lipinski definition) is 5. The summed E-state index contributed by atoms with van der Waals surface area (Å²) in [7, 11) is -2.48. The topological polar surface area (TPSA) is 92.8 Å². The molecule has 0 aromatic heterocycles. The normalized spacial score (nSPS) is 17.3. The molecule has 0 spiro atoms. The van der Waals surface area contributed by atoms with Crippen LogP contribution in [-0.4, -0.2) is 44.8 Å². The van der Waals surface area contributed by atoms with Gasteiger partial charge in [0.25, 0.3) is 0 Å². The highest BCUT2D eigenvalue weighted by Gasteiger charge is 2.33. The van der Waals surface area contributed by atoms with Crippen LogP contribution >= 0.6 is 0 Å². The number of benzene rings is 2. The largest absolute Gasteiger partial charge is 0.469 e. The summed E-state index contributed by atoms with van der Waals surface area (Å²) in [5.41, 5.74) is 0.971. The molecule has 0 radical (unpaired) electrons. The van der Waals surface area contributed by atoms with Crippen molar-refractivity contribution in [2.75, 3.05) is 25.5 Å². The number of methoxy groups -OCH3 is 1. The molecule has 1 fully saturated rings. The second-order valence-corrected chi connectivity index (χ2v) is 9.04. The van der Waals surface area contributed by atoms with Gasteiger partial charge in [0.1, 0.15) is 5.82 Å². The van der Waals surface area contributed by atoms with Crippen molar-refractivity contribution in [3.05, 3.63) is 59.9 Å². The minimum absolute atomic E-state index is 0.000500. The molecule has 2 aromatic carbocycles. The van der Waals surface area contributed by atoms with Crippen LogP contribution in [0, 0.1) is 11.7 Å². The fraction of sp³-hybridized carbons (Fsp3) is 0.333. The van der Waals surface area contributed by atoms with E-state index < -0.39 is 27.7 Å². The maximum Gasteiger partial charge on any atom is 0.309 e. The van der Waals surface area contributed by atoms with E-state index in [0.717, 1.165) is 0 Å². The van der Waals surface area contributed by atoms with Gasteiger partial charge in [-0.05, 0) is 54.8 Å². The summed E-state index contributed by atoms with van der Waals surface area (Å²) in [4.78, 5) is 24.0. The first kappa shape index (κ1) is 21.9. The molecule has 1 aliphatic rings. The van der Waals surface area contributed by atoms with E-state index in [9.17, 15) is 22.4 Å². The smallest absolute Gasteiger partial charge is 0.309 e. The van der Waals surface area contributed by atoms with Gasteiger partial charge in [0.05, 0.1) is 24.3 Å². The van der Waals surface area contributed by atoms with E-state index in [1.165, 1.54) is 53.9 Å². The predicted molar refractivity (Wildman–Crippen MR) is 109 cm³/mol. The summed E-state index contributed by atoms with van der Waals surface area (Å²) < 4.78 is 45.1. The molecule has 1 aliphatic heterocycles. The lowest BCUT2D eigenvalue weighted by molar-refractivity contribution is -0.146. The summed E-state index contributed by atoms with van der Waals surface area (Å²) in [6.45, 7) is 0.420. The molecule has 1 N–H and O–H groups in total. The first-order valence-electron chi connectivity index (χ1n) is 9.52. The number of rotatable bonds is 6. The molecule has 0 saturated carbocycles. The molecule has 3 rings (SSSR count). The molecule has 1 saturated heterocycles. The third-order valence-corrected chi connectivity index (χ3v) is 6.83. The van der Waals surface area contributed by atoms with Gasteiger partial charge in [-0.15, -0.1) is 0 Å². The van der Waals surface area contributed by atoms with Crippen LogP contribution in [0.1, 0.15) is 18.4 Å². The van der Waals surface area contributed by atoms with Crippen molar-refractivity contribution in [3.63, 3.8) is 0 Å². The first-order chi connectivity index (χ1) is 14.3. The van der Waals surface area contributed by atoms with Gasteiger partial charge in [0.2, 0.25) is 15.9 Å². The van der Waals surface area contributed by atoms with Gasteiger partial charge in [-0.1, -0.05) is 12.1 Å². The number of carbonyl (C=O) groups is 2. The average Bonchev–Trinajstić information content (AvgIpc) is 2.73. The molecular weight excluding hydrogens is 411 g/mol. The van der Waals surface area contributed by atoms with E-state index in [-0.39, 0.29) is 23.8 Å². The minimum Gasteiger partial charge on any atom is -0.469 e. The van der Waals surface area contributed by atoms with E-state index in [1.807, 2.05) is 0 Å². The maximum atomic E-state index is 13.2. The predicted octanol–water partition coefficient (Wildman–Crippen LogP) is 2.58. The number of nitrogens with zero attached hydrogens (tertiary/aromatic N) is 1. The van der Waals surface area contributed by atoms with Gasteiger partial charge in [-0.2, -0.15) is 4.31 Å². The van der Waals surface area contributed by atoms with Gasteiger partial charge >= 0.3 is 5.97 Å². The zero-order chi connectivity index (χ0) is 21.7. The van der Waals surface area contributed by atoms with Crippen molar-refractivity contribution in [1.29, 1.82) is 0 Å². The van der Waals surface area contributed by atoms with Gasteiger partial charge in [-0.25, -0.2) is 12.8 Å². The number of carbonyl (C=O) groups excluding carboxylic acids is 2. The molecule has 7 nitrogen and oxygen atoms in total. The number of sulfonamides is 1. The average molecular weight is 434 g/mol. The van der Waals surface area contributed by atoms with Crippen LogP contribution in [0.2, 0.25) is 0 Å². The molecule has 160 valence electrons. The lowest BCUT2D eigenvalue weighted by Gasteiger charge is -2.30. The Labute approximate surface area is 174 Å². The van der Waals surface area contributed by atoms with E-state index >= 15 is 0 Å². The second kappa shape index (κ2) is 9.36. The van der Waals surface area contributed by atoms with Crippen molar-refractivity contribution < 1.29 is 27.1 Å². The monoisotopic (exact) mass is 434 g/mol. The van der Waals surface area contributed by atoms with E-state index in [1.54, 1.807) is 6.07 Å². The highest BCUT2D eigenvalue weighted by atomic mass is 32.2. The number of nitrogens with one attached hydrogen (secondary N) is 1. The molecule has 1 heterocycles. The molecular formula is C21H23FN2O5S. The standard InChI is InChI=1S/C21H23FN2O5S/c1-29-21(26)16-5-3-11-24(14-16)30(27,28)19-9-7-18(8-10-19)23-20(25)13-15-4-2-6-17(22)12-15/h2,4,6-10,12,16H,3,5,11,13-14H2,1H3,(H,23,25). The highest BCUT2D eigenvalue weighted by Crippen LogP contribution is 2.25. The van der Waals surface area contributed by atoms with Crippen LogP contribution in [0.4, 0.5) is 10.1 Å². The van der Waals surface area contributed by atoms with Crippen molar-refractivity contribution in [2.24, 2.45) is 5.92 Å². The fourth-order valence-corrected chi connectivity index (χ4v) is 4.94. The Morgan fingerprint density at radius 1 is 1.20 bits per heavy atom.